The van der Waals surface area contributed by atoms with Crippen LogP contribution in [0, 0.1) is 13.8 Å². The highest BCUT2D eigenvalue weighted by molar-refractivity contribution is 7.80. The van der Waals surface area contributed by atoms with Crippen molar-refractivity contribution in [2.45, 2.75) is 38.9 Å². The summed E-state index contributed by atoms with van der Waals surface area (Å²) in [5, 5.41) is 4.06. The molecule has 3 aromatic rings. The van der Waals surface area contributed by atoms with Crippen LogP contribution >= 0.6 is 12.2 Å². The molecule has 32 heavy (non-hydrogen) atoms. The van der Waals surface area contributed by atoms with Crippen LogP contribution in [0.15, 0.2) is 55.0 Å². The molecule has 0 spiro atoms. The zero-order valence-corrected chi connectivity index (χ0v) is 19.3. The number of pyridine rings is 2. The van der Waals surface area contributed by atoms with E-state index in [2.05, 4.69) is 50.7 Å². The lowest BCUT2D eigenvalue weighted by molar-refractivity contribution is -0.140. The van der Waals surface area contributed by atoms with Crippen molar-refractivity contribution < 1.29 is 9.53 Å². The highest BCUT2D eigenvalue weighted by Crippen LogP contribution is 2.41. The molecule has 1 aliphatic rings. The van der Waals surface area contributed by atoms with Gasteiger partial charge in [-0.05, 0) is 61.5 Å². The average molecular weight is 450 g/mol. The number of carbonyl (C=O) groups excluding carboxylic acids is 1. The Balaban J connectivity index is 1.73. The van der Waals surface area contributed by atoms with Gasteiger partial charge in [-0.3, -0.25) is 14.8 Å². The summed E-state index contributed by atoms with van der Waals surface area (Å²) in [4.78, 5) is 22.8. The van der Waals surface area contributed by atoms with E-state index in [0.29, 0.717) is 11.7 Å². The molecule has 0 saturated carbocycles. The SMILES string of the molecule is COC(=O)CCN1C(=S)N[C@H](c2ccccn2)[C@@H]1c1cc(C)n(Cc2cccnc2)c1C. The summed E-state index contributed by atoms with van der Waals surface area (Å²) in [6, 6.07) is 11.9. The fraction of sp³-hybridized carbons (Fsp3) is 0.333. The van der Waals surface area contributed by atoms with Gasteiger partial charge >= 0.3 is 5.97 Å². The van der Waals surface area contributed by atoms with Gasteiger partial charge in [0.25, 0.3) is 0 Å². The van der Waals surface area contributed by atoms with E-state index in [1.807, 2.05) is 30.5 Å². The van der Waals surface area contributed by atoms with Crippen LogP contribution in [-0.4, -0.2) is 44.2 Å². The Bertz CT molecular complexity index is 1100. The van der Waals surface area contributed by atoms with Crippen molar-refractivity contribution in [2.24, 2.45) is 0 Å². The first-order valence-corrected chi connectivity index (χ1v) is 11.0. The van der Waals surface area contributed by atoms with Gasteiger partial charge in [-0.25, -0.2) is 0 Å². The quantitative estimate of drug-likeness (QED) is 0.437. The lowest BCUT2D eigenvalue weighted by Gasteiger charge is -2.28. The Morgan fingerprint density at radius 2 is 2.06 bits per heavy atom. The standard InChI is InChI=1S/C24H27N5O2S/c1-16-13-19(17(2)29(16)15-18-7-6-10-25-14-18)23-22(20-8-4-5-11-26-20)27-24(32)28(23)12-9-21(30)31-3/h4-8,10-11,13-14,22-23H,9,12,15H2,1-3H3,(H,27,32)/t22-,23+/m1/s1. The second kappa shape index (κ2) is 9.48. The number of nitrogens with one attached hydrogen (secondary N) is 1. The lowest BCUT2D eigenvalue weighted by Crippen LogP contribution is -2.32. The van der Waals surface area contributed by atoms with E-state index >= 15 is 0 Å². The second-order valence-corrected chi connectivity index (χ2v) is 8.31. The molecule has 3 aromatic heterocycles. The number of ether oxygens (including phenoxy) is 1. The first-order chi connectivity index (χ1) is 15.5. The molecule has 8 heteroatoms. The van der Waals surface area contributed by atoms with E-state index in [-0.39, 0.29) is 24.5 Å². The molecule has 7 nitrogen and oxygen atoms in total. The van der Waals surface area contributed by atoms with E-state index in [4.69, 9.17) is 17.0 Å². The maximum atomic E-state index is 11.9. The summed E-state index contributed by atoms with van der Waals surface area (Å²) in [5.74, 6) is -0.255. The summed E-state index contributed by atoms with van der Waals surface area (Å²) >= 11 is 5.69. The molecule has 1 fully saturated rings. The Hall–Kier alpha value is -3.26. The summed E-state index contributed by atoms with van der Waals surface area (Å²) in [5.41, 5.74) is 5.54. The molecular weight excluding hydrogens is 422 g/mol. The number of hydrogen-bond acceptors (Lipinski definition) is 5. The Morgan fingerprint density at radius 1 is 1.22 bits per heavy atom. The molecule has 1 saturated heterocycles. The Labute approximate surface area is 193 Å². The largest absolute Gasteiger partial charge is 0.469 e. The molecule has 0 aliphatic carbocycles. The van der Waals surface area contributed by atoms with Crippen molar-refractivity contribution in [3.8, 4) is 0 Å². The smallest absolute Gasteiger partial charge is 0.307 e. The molecule has 166 valence electrons. The molecule has 0 bridgehead atoms. The van der Waals surface area contributed by atoms with Gasteiger partial charge in [0.05, 0.1) is 31.3 Å². The third-order valence-electron chi connectivity index (χ3n) is 5.98. The van der Waals surface area contributed by atoms with Gasteiger partial charge in [0, 0.05) is 43.1 Å². The van der Waals surface area contributed by atoms with Crippen molar-refractivity contribution in [2.75, 3.05) is 13.7 Å². The van der Waals surface area contributed by atoms with Gasteiger partial charge < -0.3 is 19.5 Å². The molecule has 1 aliphatic heterocycles. The number of aromatic nitrogens is 3. The van der Waals surface area contributed by atoms with E-state index in [1.165, 1.54) is 12.7 Å². The number of carbonyl (C=O) groups is 1. The average Bonchev–Trinajstić information content (AvgIpc) is 3.29. The normalized spacial score (nSPS) is 18.0. The Kier molecular flexibility index (Phi) is 6.50. The maximum Gasteiger partial charge on any atom is 0.307 e. The van der Waals surface area contributed by atoms with Crippen LogP contribution in [0.4, 0.5) is 0 Å². The number of esters is 1. The Morgan fingerprint density at radius 3 is 2.75 bits per heavy atom. The number of thiocarbonyl (C=S) groups is 1. The highest BCUT2D eigenvalue weighted by atomic mass is 32.1. The zero-order valence-electron chi connectivity index (χ0n) is 18.5. The van der Waals surface area contributed by atoms with Gasteiger partial charge in [-0.15, -0.1) is 0 Å². The molecule has 2 atom stereocenters. The predicted molar refractivity (Wildman–Crippen MR) is 126 cm³/mol. The monoisotopic (exact) mass is 449 g/mol. The van der Waals surface area contributed by atoms with Gasteiger partial charge in [0.15, 0.2) is 5.11 Å². The maximum absolute atomic E-state index is 11.9. The molecule has 1 N–H and O–H groups in total. The minimum absolute atomic E-state index is 0.0871. The number of aryl methyl sites for hydroxylation is 1. The van der Waals surface area contributed by atoms with Gasteiger partial charge in [-0.2, -0.15) is 0 Å². The fourth-order valence-corrected chi connectivity index (χ4v) is 4.68. The topological polar surface area (TPSA) is 72.3 Å². The van der Waals surface area contributed by atoms with Crippen LogP contribution in [0.3, 0.4) is 0 Å². The number of rotatable bonds is 7. The number of methoxy groups -OCH3 is 1. The predicted octanol–water partition coefficient (Wildman–Crippen LogP) is 3.48. The second-order valence-electron chi connectivity index (χ2n) is 7.92. The molecule has 0 amide bonds. The third-order valence-corrected chi connectivity index (χ3v) is 6.33. The van der Waals surface area contributed by atoms with Gasteiger partial charge in [0.2, 0.25) is 0 Å². The molecule has 4 heterocycles. The summed E-state index contributed by atoms with van der Waals surface area (Å²) in [6.07, 6.45) is 5.73. The highest BCUT2D eigenvalue weighted by Gasteiger charge is 2.41. The first kappa shape index (κ1) is 22.0. The van der Waals surface area contributed by atoms with E-state index in [0.717, 1.165) is 29.2 Å². The zero-order chi connectivity index (χ0) is 22.7. The van der Waals surface area contributed by atoms with Crippen molar-refractivity contribution in [1.29, 1.82) is 0 Å². The van der Waals surface area contributed by atoms with Crippen LogP contribution < -0.4 is 5.32 Å². The first-order valence-electron chi connectivity index (χ1n) is 10.6. The minimum atomic E-state index is -0.255. The van der Waals surface area contributed by atoms with E-state index < -0.39 is 0 Å². The third kappa shape index (κ3) is 4.36. The molecule has 0 aromatic carbocycles. The van der Waals surface area contributed by atoms with Gasteiger partial charge in [-0.1, -0.05) is 12.1 Å². The molecule has 0 unspecified atom stereocenters. The van der Waals surface area contributed by atoms with Crippen molar-refractivity contribution in [1.82, 2.24) is 24.8 Å². The molecule has 0 radical (unpaired) electrons. The summed E-state index contributed by atoms with van der Waals surface area (Å²) < 4.78 is 7.15. The van der Waals surface area contributed by atoms with Gasteiger partial charge in [0.1, 0.15) is 0 Å². The van der Waals surface area contributed by atoms with Crippen LogP contribution in [0.2, 0.25) is 0 Å². The molecule has 4 rings (SSSR count). The van der Waals surface area contributed by atoms with E-state index in [9.17, 15) is 4.79 Å². The molecular formula is C24H27N5O2S. The van der Waals surface area contributed by atoms with Crippen LogP contribution in [-0.2, 0) is 16.1 Å². The van der Waals surface area contributed by atoms with Crippen LogP contribution in [0.5, 0.6) is 0 Å². The summed E-state index contributed by atoms with van der Waals surface area (Å²) in [7, 11) is 1.41. The van der Waals surface area contributed by atoms with E-state index in [1.54, 1.807) is 12.4 Å². The minimum Gasteiger partial charge on any atom is -0.469 e. The van der Waals surface area contributed by atoms with Crippen LogP contribution in [0.25, 0.3) is 0 Å². The lowest BCUT2D eigenvalue weighted by atomic mass is 9.96. The fourth-order valence-electron chi connectivity index (χ4n) is 4.34. The number of nitrogens with zero attached hydrogens (tertiary/aromatic N) is 4. The number of hydrogen-bond donors (Lipinski definition) is 1. The summed E-state index contributed by atoms with van der Waals surface area (Å²) in [6.45, 7) is 5.46. The van der Waals surface area contributed by atoms with Crippen molar-refractivity contribution in [3.05, 3.63) is 83.2 Å². The van der Waals surface area contributed by atoms with Crippen molar-refractivity contribution >= 4 is 23.3 Å². The van der Waals surface area contributed by atoms with Crippen molar-refractivity contribution in [3.63, 3.8) is 0 Å². The van der Waals surface area contributed by atoms with Crippen LogP contribution in [0.1, 0.15) is 46.7 Å².